The summed E-state index contributed by atoms with van der Waals surface area (Å²) in [5, 5.41) is 0. The predicted octanol–water partition coefficient (Wildman–Crippen LogP) is 1.96. The molecule has 1 aliphatic rings. The fraction of sp³-hybridized carbons (Fsp3) is 0.800. The first-order valence-electron chi connectivity index (χ1n) is 4.98. The smallest absolute Gasteiger partial charge is 0.264 e. The minimum Gasteiger partial charge on any atom is -0.270 e. The lowest BCUT2D eigenvalue weighted by Gasteiger charge is -2.25. The highest BCUT2D eigenvalue weighted by Crippen LogP contribution is 2.29. The van der Waals surface area contributed by atoms with Crippen molar-refractivity contribution in [3.63, 3.8) is 0 Å². The molecule has 1 saturated carbocycles. The van der Waals surface area contributed by atoms with Gasteiger partial charge in [0, 0.05) is 0 Å². The summed E-state index contributed by atoms with van der Waals surface area (Å²) in [6.07, 6.45) is 7.41. The Kier molecular flexibility index (Phi) is 4.13. The molecule has 0 N–H and O–H groups in total. The van der Waals surface area contributed by atoms with Gasteiger partial charge in [-0.3, -0.25) is 4.18 Å². The van der Waals surface area contributed by atoms with E-state index in [4.69, 9.17) is 4.18 Å². The maximum absolute atomic E-state index is 10.8. The van der Waals surface area contributed by atoms with Crippen molar-refractivity contribution < 1.29 is 12.6 Å². The van der Waals surface area contributed by atoms with E-state index in [-0.39, 0.29) is 0 Å². The van der Waals surface area contributed by atoms with Gasteiger partial charge in [-0.2, -0.15) is 8.42 Å². The molecule has 0 bridgehead atoms. The Hall–Kier alpha value is -0.350. The van der Waals surface area contributed by atoms with Gasteiger partial charge in [-0.1, -0.05) is 6.08 Å². The van der Waals surface area contributed by atoms with Crippen molar-refractivity contribution in [3.05, 3.63) is 12.7 Å². The zero-order valence-electron chi connectivity index (χ0n) is 8.61. The van der Waals surface area contributed by atoms with E-state index in [1.54, 1.807) is 0 Å². The zero-order chi connectivity index (χ0) is 10.6. The molecule has 0 saturated heterocycles. The van der Waals surface area contributed by atoms with Gasteiger partial charge in [0.05, 0.1) is 12.9 Å². The Balaban J connectivity index is 2.26. The van der Waals surface area contributed by atoms with Crippen LogP contribution < -0.4 is 0 Å². The van der Waals surface area contributed by atoms with Crippen LogP contribution in [-0.4, -0.2) is 21.3 Å². The summed E-state index contributed by atoms with van der Waals surface area (Å²) in [4.78, 5) is 0. The Bertz CT molecular complexity index is 274. The lowest BCUT2D eigenvalue weighted by atomic mass is 9.83. The van der Waals surface area contributed by atoms with E-state index in [0.29, 0.717) is 18.4 Å². The summed E-state index contributed by atoms with van der Waals surface area (Å²) < 4.78 is 26.3. The maximum Gasteiger partial charge on any atom is 0.264 e. The molecule has 0 radical (unpaired) electrons. The molecule has 0 heterocycles. The van der Waals surface area contributed by atoms with Gasteiger partial charge in [0.2, 0.25) is 0 Å². The third kappa shape index (κ3) is 4.24. The summed E-state index contributed by atoms with van der Waals surface area (Å²) >= 11 is 0. The van der Waals surface area contributed by atoms with Crippen LogP contribution in [0.2, 0.25) is 0 Å². The van der Waals surface area contributed by atoms with Gasteiger partial charge in [-0.05, 0) is 37.5 Å². The first-order chi connectivity index (χ1) is 6.51. The average Bonchev–Trinajstić information content (AvgIpc) is 2.14. The minimum absolute atomic E-state index is 0.350. The number of hydrogen-bond donors (Lipinski definition) is 0. The topological polar surface area (TPSA) is 43.4 Å². The molecule has 0 aromatic heterocycles. The van der Waals surface area contributed by atoms with Crippen molar-refractivity contribution in [2.24, 2.45) is 11.8 Å². The SMILES string of the molecule is C=C[C@H]1CC[C@H](COS(C)(=O)=O)CC1. The molecule has 0 aromatic rings. The molecule has 1 fully saturated rings. The summed E-state index contributed by atoms with van der Waals surface area (Å²) in [5.74, 6) is 1.02. The number of hydrogen-bond acceptors (Lipinski definition) is 3. The highest BCUT2D eigenvalue weighted by atomic mass is 32.2. The molecule has 0 atom stereocenters. The molecule has 0 aromatic carbocycles. The van der Waals surface area contributed by atoms with Crippen LogP contribution in [0.4, 0.5) is 0 Å². The monoisotopic (exact) mass is 218 g/mol. The van der Waals surface area contributed by atoms with E-state index in [0.717, 1.165) is 31.9 Å². The summed E-state index contributed by atoms with van der Waals surface area (Å²) in [6.45, 7) is 4.12. The number of rotatable bonds is 4. The van der Waals surface area contributed by atoms with Crippen molar-refractivity contribution in [1.29, 1.82) is 0 Å². The Morgan fingerprint density at radius 1 is 1.36 bits per heavy atom. The van der Waals surface area contributed by atoms with Crippen molar-refractivity contribution in [1.82, 2.24) is 0 Å². The van der Waals surface area contributed by atoms with Crippen LogP contribution >= 0.6 is 0 Å². The summed E-state index contributed by atoms with van der Waals surface area (Å²) in [5.41, 5.74) is 0. The molecule has 0 aliphatic heterocycles. The third-order valence-corrected chi connectivity index (χ3v) is 3.31. The van der Waals surface area contributed by atoms with Crippen LogP contribution in [0.3, 0.4) is 0 Å². The van der Waals surface area contributed by atoms with Gasteiger partial charge in [0.25, 0.3) is 10.1 Å². The van der Waals surface area contributed by atoms with E-state index < -0.39 is 10.1 Å². The van der Waals surface area contributed by atoms with E-state index in [1.807, 2.05) is 6.08 Å². The standard InChI is InChI=1S/C10H18O3S/c1-3-9-4-6-10(7-5-9)8-13-14(2,11)12/h3,9-10H,1,4-8H2,2H3/t9-,10-. The fourth-order valence-corrected chi connectivity index (χ4v) is 2.25. The Morgan fingerprint density at radius 3 is 2.36 bits per heavy atom. The zero-order valence-corrected chi connectivity index (χ0v) is 9.42. The van der Waals surface area contributed by atoms with Crippen LogP contribution in [0.1, 0.15) is 25.7 Å². The second kappa shape index (κ2) is 4.94. The van der Waals surface area contributed by atoms with Gasteiger partial charge in [-0.15, -0.1) is 6.58 Å². The second-order valence-electron chi connectivity index (χ2n) is 4.01. The quantitative estimate of drug-likeness (QED) is 0.535. The first kappa shape index (κ1) is 11.7. The molecule has 0 spiro atoms. The molecule has 14 heavy (non-hydrogen) atoms. The lowest BCUT2D eigenvalue weighted by Crippen LogP contribution is -2.19. The largest absolute Gasteiger partial charge is 0.270 e. The molecular weight excluding hydrogens is 200 g/mol. The molecule has 3 nitrogen and oxygen atoms in total. The predicted molar refractivity (Wildman–Crippen MR) is 56.4 cm³/mol. The van der Waals surface area contributed by atoms with Gasteiger partial charge < -0.3 is 0 Å². The normalized spacial score (nSPS) is 28.6. The van der Waals surface area contributed by atoms with E-state index in [9.17, 15) is 8.42 Å². The van der Waals surface area contributed by atoms with Crippen molar-refractivity contribution in [2.75, 3.05) is 12.9 Å². The van der Waals surface area contributed by atoms with Crippen LogP contribution in [0.5, 0.6) is 0 Å². The van der Waals surface area contributed by atoms with Crippen molar-refractivity contribution in [2.45, 2.75) is 25.7 Å². The molecule has 0 amide bonds. The second-order valence-corrected chi connectivity index (χ2v) is 5.65. The van der Waals surface area contributed by atoms with Gasteiger partial charge in [-0.25, -0.2) is 0 Å². The molecule has 82 valence electrons. The maximum atomic E-state index is 10.8. The van der Waals surface area contributed by atoms with Crippen LogP contribution in [-0.2, 0) is 14.3 Å². The number of allylic oxidation sites excluding steroid dienone is 1. The fourth-order valence-electron chi connectivity index (χ4n) is 1.81. The summed E-state index contributed by atoms with van der Waals surface area (Å²) in [6, 6.07) is 0. The highest BCUT2D eigenvalue weighted by molar-refractivity contribution is 7.85. The van der Waals surface area contributed by atoms with E-state index >= 15 is 0 Å². The van der Waals surface area contributed by atoms with Gasteiger partial charge in [0.15, 0.2) is 0 Å². The Labute approximate surface area is 86.3 Å². The lowest BCUT2D eigenvalue weighted by molar-refractivity contribution is 0.200. The molecule has 1 aliphatic carbocycles. The molecular formula is C10H18O3S. The minimum atomic E-state index is -3.26. The van der Waals surface area contributed by atoms with E-state index in [2.05, 4.69) is 6.58 Å². The van der Waals surface area contributed by atoms with Crippen LogP contribution in [0.25, 0.3) is 0 Å². The average molecular weight is 218 g/mol. The van der Waals surface area contributed by atoms with Crippen LogP contribution in [0.15, 0.2) is 12.7 Å². The Morgan fingerprint density at radius 2 is 1.93 bits per heavy atom. The van der Waals surface area contributed by atoms with E-state index in [1.165, 1.54) is 0 Å². The highest BCUT2D eigenvalue weighted by Gasteiger charge is 2.20. The first-order valence-corrected chi connectivity index (χ1v) is 6.80. The van der Waals surface area contributed by atoms with Crippen molar-refractivity contribution in [3.8, 4) is 0 Å². The summed E-state index contributed by atoms with van der Waals surface area (Å²) in [7, 11) is -3.26. The molecule has 4 heteroatoms. The van der Waals surface area contributed by atoms with Gasteiger partial charge >= 0.3 is 0 Å². The van der Waals surface area contributed by atoms with Crippen LogP contribution in [0, 0.1) is 11.8 Å². The molecule has 1 rings (SSSR count). The third-order valence-electron chi connectivity index (χ3n) is 2.74. The van der Waals surface area contributed by atoms with Gasteiger partial charge in [0.1, 0.15) is 0 Å². The molecule has 0 unspecified atom stereocenters. The van der Waals surface area contributed by atoms with Crippen molar-refractivity contribution >= 4 is 10.1 Å².